The first-order valence-corrected chi connectivity index (χ1v) is 10.9. The first-order chi connectivity index (χ1) is 15.5. The van der Waals surface area contributed by atoms with Crippen molar-refractivity contribution in [3.05, 3.63) is 95.1 Å². The molecule has 4 rings (SSSR count). The highest BCUT2D eigenvalue weighted by Crippen LogP contribution is 2.35. The molecule has 1 N–H and O–H groups in total. The number of hydrogen-bond acceptors (Lipinski definition) is 3. The van der Waals surface area contributed by atoms with Gasteiger partial charge in [0, 0.05) is 24.2 Å². The van der Waals surface area contributed by atoms with Crippen LogP contribution >= 0.6 is 0 Å². The Morgan fingerprint density at radius 1 is 1.03 bits per heavy atom. The van der Waals surface area contributed by atoms with E-state index in [2.05, 4.69) is 12.2 Å². The lowest BCUT2D eigenvalue weighted by Gasteiger charge is -2.44. The second kappa shape index (κ2) is 8.87. The summed E-state index contributed by atoms with van der Waals surface area (Å²) in [5, 5.41) is 3.05. The molecule has 0 fully saturated rings. The maximum Gasteiger partial charge on any atom is 0.259 e. The highest BCUT2D eigenvalue weighted by atomic mass is 16.5. The SMILES string of the molecule is CCc1ccc(N2C(=O)c3ccccc3C[C@@]2(C)C(=O)NCc2cccc(OC)c2)cc1. The van der Waals surface area contributed by atoms with E-state index >= 15 is 0 Å². The second-order valence-corrected chi connectivity index (χ2v) is 8.30. The van der Waals surface area contributed by atoms with Gasteiger partial charge in [-0.2, -0.15) is 0 Å². The Balaban J connectivity index is 1.68. The van der Waals surface area contributed by atoms with Gasteiger partial charge in [0.15, 0.2) is 0 Å². The molecule has 5 nitrogen and oxygen atoms in total. The summed E-state index contributed by atoms with van der Waals surface area (Å²) < 4.78 is 5.28. The molecule has 164 valence electrons. The van der Waals surface area contributed by atoms with E-state index in [1.54, 1.807) is 12.0 Å². The number of aryl methyl sites for hydroxylation is 1. The summed E-state index contributed by atoms with van der Waals surface area (Å²) in [5.74, 6) is 0.389. The van der Waals surface area contributed by atoms with Crippen LogP contribution in [0.3, 0.4) is 0 Å². The van der Waals surface area contributed by atoms with Crippen LogP contribution in [0.5, 0.6) is 5.75 Å². The van der Waals surface area contributed by atoms with Crippen LogP contribution < -0.4 is 15.0 Å². The first kappa shape index (κ1) is 21.6. The Morgan fingerprint density at radius 3 is 2.50 bits per heavy atom. The van der Waals surface area contributed by atoms with Crippen LogP contribution in [0.15, 0.2) is 72.8 Å². The minimum absolute atomic E-state index is 0.157. The Hall–Kier alpha value is -3.60. The summed E-state index contributed by atoms with van der Waals surface area (Å²) >= 11 is 0. The molecule has 0 radical (unpaired) electrons. The van der Waals surface area contributed by atoms with Gasteiger partial charge in [0.2, 0.25) is 5.91 Å². The number of ether oxygens (including phenoxy) is 1. The molecule has 1 atom stereocenters. The summed E-state index contributed by atoms with van der Waals surface area (Å²) in [6, 6.07) is 23.0. The van der Waals surface area contributed by atoms with Gasteiger partial charge in [0.1, 0.15) is 11.3 Å². The highest BCUT2D eigenvalue weighted by molar-refractivity contribution is 6.14. The molecule has 1 aliphatic heterocycles. The van der Waals surface area contributed by atoms with Gasteiger partial charge in [-0.3, -0.25) is 14.5 Å². The van der Waals surface area contributed by atoms with Crippen molar-refractivity contribution in [2.45, 2.75) is 38.8 Å². The molecule has 0 unspecified atom stereocenters. The maximum absolute atomic E-state index is 13.6. The fourth-order valence-electron chi connectivity index (χ4n) is 4.30. The van der Waals surface area contributed by atoms with Gasteiger partial charge >= 0.3 is 0 Å². The van der Waals surface area contributed by atoms with Crippen molar-refractivity contribution in [1.82, 2.24) is 5.32 Å². The normalized spacial score (nSPS) is 17.6. The summed E-state index contributed by atoms with van der Waals surface area (Å²) in [6.45, 7) is 4.28. The predicted molar refractivity (Wildman–Crippen MR) is 126 cm³/mol. The van der Waals surface area contributed by atoms with Gasteiger partial charge in [0.25, 0.3) is 5.91 Å². The van der Waals surface area contributed by atoms with Gasteiger partial charge in [-0.05, 0) is 60.4 Å². The van der Waals surface area contributed by atoms with Crippen molar-refractivity contribution in [2.24, 2.45) is 0 Å². The number of carbonyl (C=O) groups excluding carboxylic acids is 2. The molecule has 2 amide bonds. The van der Waals surface area contributed by atoms with Crippen LogP contribution in [-0.2, 0) is 24.2 Å². The smallest absolute Gasteiger partial charge is 0.259 e. The van der Waals surface area contributed by atoms with Crippen LogP contribution in [-0.4, -0.2) is 24.5 Å². The number of nitrogens with zero attached hydrogens (tertiary/aromatic N) is 1. The van der Waals surface area contributed by atoms with Gasteiger partial charge in [-0.25, -0.2) is 0 Å². The molecule has 0 aromatic heterocycles. The number of rotatable bonds is 6. The van der Waals surface area contributed by atoms with E-state index in [1.165, 1.54) is 5.56 Å². The van der Waals surface area contributed by atoms with Gasteiger partial charge < -0.3 is 10.1 Å². The summed E-state index contributed by atoms with van der Waals surface area (Å²) in [7, 11) is 1.62. The lowest BCUT2D eigenvalue weighted by molar-refractivity contribution is -0.126. The van der Waals surface area contributed by atoms with E-state index in [1.807, 2.05) is 79.7 Å². The third-order valence-corrected chi connectivity index (χ3v) is 6.16. The zero-order chi connectivity index (χ0) is 22.7. The van der Waals surface area contributed by atoms with Crippen LogP contribution in [0.2, 0.25) is 0 Å². The Morgan fingerprint density at radius 2 is 1.78 bits per heavy atom. The molecule has 0 aliphatic carbocycles. The minimum Gasteiger partial charge on any atom is -0.497 e. The van der Waals surface area contributed by atoms with E-state index < -0.39 is 5.54 Å². The van der Waals surface area contributed by atoms with Crippen molar-refractivity contribution in [1.29, 1.82) is 0 Å². The number of hydrogen-bond donors (Lipinski definition) is 1. The van der Waals surface area contributed by atoms with Gasteiger partial charge in [-0.1, -0.05) is 49.4 Å². The molecule has 5 heteroatoms. The largest absolute Gasteiger partial charge is 0.497 e. The fourth-order valence-corrected chi connectivity index (χ4v) is 4.30. The number of carbonyl (C=O) groups is 2. The van der Waals surface area contributed by atoms with Crippen molar-refractivity contribution < 1.29 is 14.3 Å². The van der Waals surface area contributed by atoms with Crippen molar-refractivity contribution in [2.75, 3.05) is 12.0 Å². The average molecular weight is 429 g/mol. The van der Waals surface area contributed by atoms with Gasteiger partial charge in [0.05, 0.1) is 7.11 Å². The van der Waals surface area contributed by atoms with E-state index in [4.69, 9.17) is 4.74 Å². The van der Waals surface area contributed by atoms with E-state index in [-0.39, 0.29) is 11.8 Å². The number of methoxy groups -OCH3 is 1. The molecule has 0 saturated carbocycles. The van der Waals surface area contributed by atoms with E-state index in [9.17, 15) is 9.59 Å². The molecular formula is C27H28N2O3. The average Bonchev–Trinajstić information content (AvgIpc) is 2.83. The third-order valence-electron chi connectivity index (χ3n) is 6.16. The zero-order valence-corrected chi connectivity index (χ0v) is 18.7. The highest BCUT2D eigenvalue weighted by Gasteiger charge is 2.47. The van der Waals surface area contributed by atoms with E-state index in [0.29, 0.717) is 18.5 Å². The number of anilines is 1. The van der Waals surface area contributed by atoms with E-state index in [0.717, 1.165) is 29.0 Å². The van der Waals surface area contributed by atoms with Crippen LogP contribution in [0.4, 0.5) is 5.69 Å². The lowest BCUT2D eigenvalue weighted by Crippen LogP contribution is -2.63. The minimum atomic E-state index is -1.06. The van der Waals surface area contributed by atoms with Crippen molar-refractivity contribution in [3.8, 4) is 5.75 Å². The Kier molecular flexibility index (Phi) is 5.99. The van der Waals surface area contributed by atoms with Crippen molar-refractivity contribution in [3.63, 3.8) is 0 Å². The fraction of sp³-hybridized carbons (Fsp3) is 0.259. The third kappa shape index (κ3) is 3.98. The molecule has 3 aromatic carbocycles. The van der Waals surface area contributed by atoms with Crippen LogP contribution in [0, 0.1) is 0 Å². The number of fused-ring (bicyclic) bond motifs is 1. The molecule has 0 saturated heterocycles. The lowest BCUT2D eigenvalue weighted by atomic mass is 9.82. The van der Waals surface area contributed by atoms with Crippen LogP contribution in [0.25, 0.3) is 0 Å². The quantitative estimate of drug-likeness (QED) is 0.627. The molecule has 3 aromatic rings. The predicted octanol–water partition coefficient (Wildman–Crippen LogP) is 4.54. The first-order valence-electron chi connectivity index (χ1n) is 10.9. The molecule has 1 aliphatic rings. The Bertz CT molecular complexity index is 1140. The molecule has 0 spiro atoms. The second-order valence-electron chi connectivity index (χ2n) is 8.30. The number of amides is 2. The summed E-state index contributed by atoms with van der Waals surface area (Å²) in [4.78, 5) is 28.8. The molecule has 1 heterocycles. The molecular weight excluding hydrogens is 400 g/mol. The summed E-state index contributed by atoms with van der Waals surface area (Å²) in [5.41, 5.74) is 3.31. The van der Waals surface area contributed by atoms with Crippen molar-refractivity contribution >= 4 is 17.5 Å². The Labute approximate surface area is 189 Å². The van der Waals surface area contributed by atoms with Crippen LogP contribution in [0.1, 0.15) is 40.9 Å². The summed E-state index contributed by atoms with van der Waals surface area (Å²) in [6.07, 6.45) is 1.35. The van der Waals surface area contributed by atoms with Gasteiger partial charge in [-0.15, -0.1) is 0 Å². The standard InChI is InChI=1S/C27H28N2O3/c1-4-19-12-14-22(15-13-19)29-25(30)24-11-6-5-9-21(24)17-27(29,2)26(31)28-18-20-8-7-10-23(16-20)32-3/h5-16H,4,17-18H2,1-3H3,(H,28,31)/t27-/m0/s1. The zero-order valence-electron chi connectivity index (χ0n) is 18.7. The maximum atomic E-state index is 13.6. The molecule has 0 bridgehead atoms. The topological polar surface area (TPSA) is 58.6 Å². The number of benzene rings is 3. The monoisotopic (exact) mass is 428 g/mol. The molecule has 32 heavy (non-hydrogen) atoms. The number of nitrogens with one attached hydrogen (secondary N) is 1.